The van der Waals surface area contributed by atoms with E-state index in [0.29, 0.717) is 28.5 Å². The van der Waals surface area contributed by atoms with Gasteiger partial charge in [-0.05, 0) is 19.9 Å². The summed E-state index contributed by atoms with van der Waals surface area (Å²) in [5, 5.41) is 8.58. The summed E-state index contributed by atoms with van der Waals surface area (Å²) in [5.41, 5.74) is 7.46. The van der Waals surface area contributed by atoms with E-state index in [0.717, 1.165) is 11.0 Å². The van der Waals surface area contributed by atoms with Crippen LogP contribution < -0.4 is 5.73 Å². The van der Waals surface area contributed by atoms with Crippen LogP contribution in [0.3, 0.4) is 0 Å². The highest BCUT2D eigenvalue weighted by atomic mass is 32.1. The van der Waals surface area contributed by atoms with Crippen LogP contribution in [0.25, 0.3) is 10.2 Å². The molecular formula is C13H16N4OS. The number of carbonyl (C=O) groups is 1. The molecule has 2 rings (SSSR count). The molecule has 0 bridgehead atoms. The highest BCUT2D eigenvalue weighted by Crippen LogP contribution is 2.32. The predicted octanol–water partition coefficient (Wildman–Crippen LogP) is 2.31. The van der Waals surface area contributed by atoms with Gasteiger partial charge in [-0.15, -0.1) is 16.4 Å². The summed E-state index contributed by atoms with van der Waals surface area (Å²) in [5.74, 6) is -0.0778. The number of amides is 1. The van der Waals surface area contributed by atoms with Crippen LogP contribution in [0.15, 0.2) is 24.4 Å². The zero-order valence-electron chi connectivity index (χ0n) is 11.0. The Bertz CT molecular complexity index is 635. The molecule has 0 aromatic carbocycles. The van der Waals surface area contributed by atoms with Gasteiger partial charge in [-0.25, -0.2) is 0 Å². The lowest BCUT2D eigenvalue weighted by Gasteiger charge is -2.20. The second kappa shape index (κ2) is 5.36. The van der Waals surface area contributed by atoms with Crippen molar-refractivity contribution in [2.24, 2.45) is 0 Å². The van der Waals surface area contributed by atoms with Gasteiger partial charge in [0.15, 0.2) is 0 Å². The summed E-state index contributed by atoms with van der Waals surface area (Å²) < 4.78 is 0. The van der Waals surface area contributed by atoms with Crippen LogP contribution in [0.1, 0.15) is 23.5 Å². The number of likely N-dealkylation sites (N-methyl/N-ethyl adjacent to an activating group) is 1. The largest absolute Gasteiger partial charge is 0.397 e. The third-order valence-electron chi connectivity index (χ3n) is 2.74. The van der Waals surface area contributed by atoms with Gasteiger partial charge in [0.05, 0.1) is 11.9 Å². The highest BCUT2D eigenvalue weighted by molar-refractivity contribution is 7.21. The minimum Gasteiger partial charge on any atom is -0.397 e. The third kappa shape index (κ3) is 2.58. The second-order valence-electron chi connectivity index (χ2n) is 4.37. The number of hydrogen-bond donors (Lipinski definition) is 1. The number of hydrogen-bond acceptors (Lipinski definition) is 5. The van der Waals surface area contributed by atoms with Gasteiger partial charge in [0.25, 0.3) is 5.91 Å². The van der Waals surface area contributed by atoms with Gasteiger partial charge in [-0.2, -0.15) is 5.10 Å². The van der Waals surface area contributed by atoms with E-state index in [-0.39, 0.29) is 5.91 Å². The first-order chi connectivity index (χ1) is 9.04. The topological polar surface area (TPSA) is 72.1 Å². The van der Waals surface area contributed by atoms with Gasteiger partial charge >= 0.3 is 0 Å². The maximum atomic E-state index is 12.5. The first-order valence-electron chi connectivity index (χ1n) is 5.98. The number of thiophene rings is 1. The van der Waals surface area contributed by atoms with Crippen molar-refractivity contribution in [1.82, 2.24) is 15.1 Å². The summed E-state index contributed by atoms with van der Waals surface area (Å²) >= 11 is 1.28. The third-order valence-corrected chi connectivity index (χ3v) is 3.84. The summed E-state index contributed by atoms with van der Waals surface area (Å²) in [7, 11) is 0. The molecule has 2 heterocycles. The molecule has 0 atom stereocenters. The van der Waals surface area contributed by atoms with Crippen LogP contribution in [-0.4, -0.2) is 34.1 Å². The Labute approximate surface area is 115 Å². The van der Waals surface area contributed by atoms with Crippen molar-refractivity contribution in [2.45, 2.75) is 13.8 Å². The lowest BCUT2D eigenvalue weighted by Crippen LogP contribution is -2.32. The van der Waals surface area contributed by atoms with E-state index < -0.39 is 0 Å². The Morgan fingerprint density at radius 3 is 2.89 bits per heavy atom. The van der Waals surface area contributed by atoms with Crippen LogP contribution in [0.5, 0.6) is 0 Å². The Kier molecular flexibility index (Phi) is 3.80. The van der Waals surface area contributed by atoms with Crippen molar-refractivity contribution >= 4 is 33.1 Å². The molecule has 0 saturated heterocycles. The number of anilines is 1. The summed E-state index contributed by atoms with van der Waals surface area (Å²) in [6.07, 6.45) is 1.57. The van der Waals surface area contributed by atoms with Gasteiger partial charge in [-0.1, -0.05) is 12.2 Å². The highest BCUT2D eigenvalue weighted by Gasteiger charge is 2.21. The SMILES string of the molecule is C=C(C)CN(CC)C(=O)c1sc2nnccc2c1N. The van der Waals surface area contributed by atoms with Crippen LogP contribution in [-0.2, 0) is 0 Å². The molecule has 0 spiro atoms. The zero-order valence-corrected chi connectivity index (χ0v) is 11.8. The lowest BCUT2D eigenvalue weighted by atomic mass is 10.2. The number of nitrogens with zero attached hydrogens (tertiary/aromatic N) is 3. The molecule has 0 aliphatic carbocycles. The summed E-state index contributed by atoms with van der Waals surface area (Å²) in [6, 6.07) is 1.78. The van der Waals surface area contributed by atoms with E-state index in [1.165, 1.54) is 11.3 Å². The molecule has 6 heteroatoms. The van der Waals surface area contributed by atoms with Crippen molar-refractivity contribution in [3.63, 3.8) is 0 Å². The quantitative estimate of drug-likeness (QED) is 0.870. The average Bonchev–Trinajstić information content (AvgIpc) is 2.73. The second-order valence-corrected chi connectivity index (χ2v) is 5.37. The van der Waals surface area contributed by atoms with E-state index >= 15 is 0 Å². The molecule has 0 saturated carbocycles. The van der Waals surface area contributed by atoms with Crippen LogP contribution in [0.4, 0.5) is 5.69 Å². The fourth-order valence-corrected chi connectivity index (χ4v) is 2.83. The van der Waals surface area contributed by atoms with E-state index in [4.69, 9.17) is 5.73 Å². The molecule has 19 heavy (non-hydrogen) atoms. The molecule has 0 fully saturated rings. The lowest BCUT2D eigenvalue weighted by molar-refractivity contribution is 0.0784. The molecule has 2 aromatic rings. The van der Waals surface area contributed by atoms with Crippen LogP contribution in [0.2, 0.25) is 0 Å². The standard InChI is InChI=1S/C13H16N4OS/c1-4-17(7-8(2)3)13(18)11-10(14)9-5-6-15-16-12(9)19-11/h5-6H,2,4,7,14H2,1,3H3. The Morgan fingerprint density at radius 2 is 2.32 bits per heavy atom. The van der Waals surface area contributed by atoms with Gasteiger partial charge < -0.3 is 10.6 Å². The maximum absolute atomic E-state index is 12.5. The van der Waals surface area contributed by atoms with Crippen molar-refractivity contribution in [2.75, 3.05) is 18.8 Å². The van der Waals surface area contributed by atoms with E-state index in [1.807, 2.05) is 13.8 Å². The molecule has 0 aliphatic rings. The van der Waals surface area contributed by atoms with Crippen molar-refractivity contribution in [3.05, 3.63) is 29.3 Å². The van der Waals surface area contributed by atoms with Gasteiger partial charge in [-0.3, -0.25) is 4.79 Å². The summed E-state index contributed by atoms with van der Waals surface area (Å²) in [6.45, 7) is 8.83. The normalized spacial score (nSPS) is 10.6. The predicted molar refractivity (Wildman–Crippen MR) is 78.2 cm³/mol. The molecule has 0 aliphatic heterocycles. The minimum atomic E-state index is -0.0778. The van der Waals surface area contributed by atoms with Crippen molar-refractivity contribution in [3.8, 4) is 0 Å². The van der Waals surface area contributed by atoms with Gasteiger partial charge in [0.2, 0.25) is 0 Å². The molecule has 0 radical (unpaired) electrons. The number of nitrogen functional groups attached to an aromatic ring is 1. The molecule has 0 unspecified atom stereocenters. The van der Waals surface area contributed by atoms with E-state index in [2.05, 4.69) is 16.8 Å². The molecule has 2 N–H and O–H groups in total. The Morgan fingerprint density at radius 1 is 1.58 bits per heavy atom. The molecule has 5 nitrogen and oxygen atoms in total. The molecule has 100 valence electrons. The first-order valence-corrected chi connectivity index (χ1v) is 6.79. The van der Waals surface area contributed by atoms with Crippen LogP contribution >= 0.6 is 11.3 Å². The first kappa shape index (κ1) is 13.5. The monoisotopic (exact) mass is 276 g/mol. The number of rotatable bonds is 4. The van der Waals surface area contributed by atoms with Crippen molar-refractivity contribution in [1.29, 1.82) is 0 Å². The number of aromatic nitrogens is 2. The number of carbonyl (C=O) groups excluding carboxylic acids is 1. The van der Waals surface area contributed by atoms with E-state index in [1.54, 1.807) is 17.2 Å². The molecule has 2 aromatic heterocycles. The van der Waals surface area contributed by atoms with Crippen LogP contribution in [0, 0.1) is 0 Å². The van der Waals surface area contributed by atoms with Crippen molar-refractivity contribution < 1.29 is 4.79 Å². The number of fused-ring (bicyclic) bond motifs is 1. The zero-order chi connectivity index (χ0) is 14.0. The fourth-order valence-electron chi connectivity index (χ4n) is 1.83. The maximum Gasteiger partial charge on any atom is 0.266 e. The fraction of sp³-hybridized carbons (Fsp3) is 0.308. The smallest absolute Gasteiger partial charge is 0.266 e. The Balaban J connectivity index is 2.40. The van der Waals surface area contributed by atoms with Gasteiger partial charge in [0.1, 0.15) is 9.71 Å². The molecular weight excluding hydrogens is 260 g/mol. The minimum absolute atomic E-state index is 0.0778. The van der Waals surface area contributed by atoms with E-state index in [9.17, 15) is 4.79 Å². The average molecular weight is 276 g/mol. The van der Waals surface area contributed by atoms with Gasteiger partial charge in [0, 0.05) is 18.5 Å². The number of nitrogens with two attached hydrogens (primary N) is 1. The Hall–Kier alpha value is -1.95. The summed E-state index contributed by atoms with van der Waals surface area (Å²) in [4.78, 5) is 15.4. The molecule has 1 amide bonds.